The van der Waals surface area contributed by atoms with Crippen LogP contribution in [0.2, 0.25) is 0 Å². The van der Waals surface area contributed by atoms with E-state index >= 15 is 0 Å². The van der Waals surface area contributed by atoms with E-state index < -0.39 is 0 Å². The maximum absolute atomic E-state index is 12.7. The highest BCUT2D eigenvalue weighted by atomic mass is 16.3. The maximum atomic E-state index is 12.7. The summed E-state index contributed by atoms with van der Waals surface area (Å²) in [5.41, 5.74) is 7.79. The van der Waals surface area contributed by atoms with Crippen LogP contribution in [-0.4, -0.2) is 12.3 Å². The molecule has 3 heteroatoms. The summed E-state index contributed by atoms with van der Waals surface area (Å²) in [7, 11) is 0. The molecule has 2 unspecified atom stereocenters. The van der Waals surface area contributed by atoms with Gasteiger partial charge in [0.25, 0.3) is 0 Å². The van der Waals surface area contributed by atoms with Crippen molar-refractivity contribution in [1.82, 2.24) is 0 Å². The van der Waals surface area contributed by atoms with E-state index in [9.17, 15) is 4.79 Å². The Kier molecular flexibility index (Phi) is 3.62. The smallest absolute Gasteiger partial charge is 0.201 e. The molecular formula is C17H21NO2. The van der Waals surface area contributed by atoms with Crippen LogP contribution in [0.15, 0.2) is 28.7 Å². The molecule has 0 bridgehead atoms. The predicted molar refractivity (Wildman–Crippen MR) is 79.8 cm³/mol. The van der Waals surface area contributed by atoms with E-state index in [0.717, 1.165) is 30.2 Å². The first-order valence-electron chi connectivity index (χ1n) is 7.43. The van der Waals surface area contributed by atoms with Gasteiger partial charge < -0.3 is 10.2 Å². The fourth-order valence-electron chi connectivity index (χ4n) is 3.30. The summed E-state index contributed by atoms with van der Waals surface area (Å²) in [6, 6.07) is 7.87. The molecule has 20 heavy (non-hydrogen) atoms. The number of carbonyl (C=O) groups excluding carboxylic acids is 1. The summed E-state index contributed by atoms with van der Waals surface area (Å²) in [5.74, 6) is 0.978. The van der Waals surface area contributed by atoms with Crippen LogP contribution < -0.4 is 5.73 Å². The molecular weight excluding hydrogens is 250 g/mol. The largest absolute Gasteiger partial charge is 0.453 e. The second-order valence-corrected chi connectivity index (χ2v) is 5.90. The number of benzene rings is 1. The Bertz CT molecular complexity index is 629. The van der Waals surface area contributed by atoms with Crippen LogP contribution in [0.25, 0.3) is 11.0 Å². The first-order valence-corrected chi connectivity index (χ1v) is 7.43. The summed E-state index contributed by atoms with van der Waals surface area (Å²) < 4.78 is 5.74. The van der Waals surface area contributed by atoms with E-state index in [1.165, 1.54) is 12.0 Å². The number of aryl methyl sites for hydroxylation is 1. The molecule has 0 aliphatic heterocycles. The second kappa shape index (κ2) is 5.41. The van der Waals surface area contributed by atoms with Crippen LogP contribution in [0, 0.1) is 18.8 Å². The number of Topliss-reactive ketones (excluding diaryl/α,β-unsaturated/α-hetero) is 1. The van der Waals surface area contributed by atoms with Crippen molar-refractivity contribution >= 4 is 16.8 Å². The molecule has 1 aromatic carbocycles. The Morgan fingerprint density at radius 3 is 2.90 bits per heavy atom. The van der Waals surface area contributed by atoms with Crippen molar-refractivity contribution in [3.63, 3.8) is 0 Å². The third-order valence-corrected chi connectivity index (χ3v) is 4.46. The predicted octanol–water partition coefficient (Wildman–Crippen LogP) is 3.69. The van der Waals surface area contributed by atoms with Gasteiger partial charge in [0.05, 0.1) is 0 Å². The highest BCUT2D eigenvalue weighted by Gasteiger charge is 2.32. The van der Waals surface area contributed by atoms with Crippen molar-refractivity contribution in [2.24, 2.45) is 17.6 Å². The molecule has 3 nitrogen and oxygen atoms in total. The molecule has 0 spiro atoms. The summed E-state index contributed by atoms with van der Waals surface area (Å²) in [6.45, 7) is 2.63. The molecule has 1 aliphatic carbocycles. The van der Waals surface area contributed by atoms with Gasteiger partial charge in [0, 0.05) is 11.3 Å². The number of rotatable bonds is 3. The summed E-state index contributed by atoms with van der Waals surface area (Å²) >= 11 is 0. The quantitative estimate of drug-likeness (QED) is 0.866. The molecule has 1 aliphatic rings. The normalized spacial score (nSPS) is 23.1. The number of fused-ring (bicyclic) bond motifs is 1. The number of hydrogen-bond acceptors (Lipinski definition) is 3. The van der Waals surface area contributed by atoms with E-state index in [0.29, 0.717) is 18.2 Å². The molecule has 1 fully saturated rings. The van der Waals surface area contributed by atoms with E-state index in [4.69, 9.17) is 10.2 Å². The fraction of sp³-hybridized carbons (Fsp3) is 0.471. The zero-order valence-electron chi connectivity index (χ0n) is 11.9. The Labute approximate surface area is 119 Å². The Balaban J connectivity index is 1.91. The minimum absolute atomic E-state index is 0.0374. The summed E-state index contributed by atoms with van der Waals surface area (Å²) in [6.07, 6.45) is 4.31. The monoisotopic (exact) mass is 271 g/mol. The molecule has 1 aromatic heterocycles. The molecule has 2 aromatic rings. The number of nitrogens with two attached hydrogens (primary N) is 1. The standard InChI is InChI=1S/C17H21NO2/c1-11-6-7-15-13(8-11)9-16(20-15)17(19)14-5-3-2-4-12(14)10-18/h6-9,12,14H,2-5,10,18H2,1H3. The van der Waals surface area contributed by atoms with Gasteiger partial charge in [-0.1, -0.05) is 24.5 Å². The van der Waals surface area contributed by atoms with Crippen LogP contribution in [-0.2, 0) is 0 Å². The molecule has 2 N–H and O–H groups in total. The van der Waals surface area contributed by atoms with Crippen molar-refractivity contribution < 1.29 is 9.21 Å². The fourth-order valence-corrected chi connectivity index (χ4v) is 3.30. The van der Waals surface area contributed by atoms with Gasteiger partial charge in [0.2, 0.25) is 5.78 Å². The third kappa shape index (κ3) is 2.38. The Morgan fingerprint density at radius 2 is 2.10 bits per heavy atom. The van der Waals surface area contributed by atoms with E-state index in [-0.39, 0.29) is 11.7 Å². The van der Waals surface area contributed by atoms with E-state index in [1.807, 2.05) is 25.1 Å². The average Bonchev–Trinajstić information content (AvgIpc) is 2.89. The molecule has 0 saturated heterocycles. The molecule has 2 atom stereocenters. The number of hydrogen-bond donors (Lipinski definition) is 1. The van der Waals surface area contributed by atoms with Gasteiger partial charge in [0.1, 0.15) is 5.58 Å². The van der Waals surface area contributed by atoms with Gasteiger partial charge in [-0.3, -0.25) is 4.79 Å². The number of furan rings is 1. The molecule has 0 amide bonds. The van der Waals surface area contributed by atoms with Crippen LogP contribution in [0.5, 0.6) is 0 Å². The summed E-state index contributed by atoms with van der Waals surface area (Å²) in [5, 5.41) is 1.01. The Hall–Kier alpha value is -1.61. The van der Waals surface area contributed by atoms with E-state index in [1.54, 1.807) is 0 Å². The topological polar surface area (TPSA) is 56.2 Å². The van der Waals surface area contributed by atoms with Crippen molar-refractivity contribution in [1.29, 1.82) is 0 Å². The lowest BCUT2D eigenvalue weighted by Gasteiger charge is -2.28. The van der Waals surface area contributed by atoms with Gasteiger partial charge in [-0.2, -0.15) is 0 Å². The van der Waals surface area contributed by atoms with Crippen molar-refractivity contribution in [3.05, 3.63) is 35.6 Å². The third-order valence-electron chi connectivity index (χ3n) is 4.46. The number of carbonyl (C=O) groups is 1. The molecule has 0 radical (unpaired) electrons. The van der Waals surface area contributed by atoms with Gasteiger partial charge in [-0.25, -0.2) is 0 Å². The second-order valence-electron chi connectivity index (χ2n) is 5.90. The molecule has 1 saturated carbocycles. The van der Waals surface area contributed by atoms with Gasteiger partial charge in [-0.05, 0) is 50.4 Å². The molecule has 3 rings (SSSR count). The highest BCUT2D eigenvalue weighted by Crippen LogP contribution is 2.33. The zero-order valence-corrected chi connectivity index (χ0v) is 11.9. The van der Waals surface area contributed by atoms with Gasteiger partial charge in [0.15, 0.2) is 5.76 Å². The Morgan fingerprint density at radius 1 is 1.30 bits per heavy atom. The summed E-state index contributed by atoms with van der Waals surface area (Å²) in [4.78, 5) is 12.7. The molecule has 1 heterocycles. The van der Waals surface area contributed by atoms with Crippen LogP contribution in [0.4, 0.5) is 0 Å². The lowest BCUT2D eigenvalue weighted by molar-refractivity contribution is 0.0802. The van der Waals surface area contributed by atoms with E-state index in [2.05, 4.69) is 6.07 Å². The zero-order chi connectivity index (χ0) is 14.1. The highest BCUT2D eigenvalue weighted by molar-refractivity contribution is 5.99. The van der Waals surface area contributed by atoms with Crippen molar-refractivity contribution in [2.75, 3.05) is 6.54 Å². The van der Waals surface area contributed by atoms with Crippen LogP contribution >= 0.6 is 0 Å². The van der Waals surface area contributed by atoms with Gasteiger partial charge in [-0.15, -0.1) is 0 Å². The number of ketones is 1. The average molecular weight is 271 g/mol. The van der Waals surface area contributed by atoms with Gasteiger partial charge >= 0.3 is 0 Å². The maximum Gasteiger partial charge on any atom is 0.201 e. The first-order chi connectivity index (χ1) is 9.69. The molecule has 106 valence electrons. The SMILES string of the molecule is Cc1ccc2oc(C(=O)C3CCCCC3CN)cc2c1. The minimum atomic E-state index is 0.0374. The lowest BCUT2D eigenvalue weighted by Crippen LogP contribution is -2.32. The minimum Gasteiger partial charge on any atom is -0.453 e. The van der Waals surface area contributed by atoms with Crippen molar-refractivity contribution in [2.45, 2.75) is 32.6 Å². The lowest BCUT2D eigenvalue weighted by atomic mass is 9.76. The van der Waals surface area contributed by atoms with Crippen LogP contribution in [0.3, 0.4) is 0 Å². The first kappa shape index (κ1) is 13.4. The van der Waals surface area contributed by atoms with Crippen molar-refractivity contribution in [3.8, 4) is 0 Å². The van der Waals surface area contributed by atoms with Crippen LogP contribution in [0.1, 0.15) is 41.8 Å².